The Morgan fingerprint density at radius 2 is 1.92 bits per heavy atom. The average Bonchev–Trinajstić information content (AvgIpc) is 2.83. The normalized spacial score (nSPS) is 22.2. The van der Waals surface area contributed by atoms with Crippen LogP contribution in [-0.4, -0.2) is 47.8 Å². The summed E-state index contributed by atoms with van der Waals surface area (Å²) in [5.74, 6) is 1.10. The van der Waals surface area contributed by atoms with E-state index in [9.17, 15) is 4.79 Å². The first-order valence-corrected chi connectivity index (χ1v) is 9.62. The molecule has 1 aliphatic heterocycles. The van der Waals surface area contributed by atoms with Gasteiger partial charge in [0.2, 0.25) is 5.91 Å². The van der Waals surface area contributed by atoms with Gasteiger partial charge in [0.15, 0.2) is 0 Å². The fourth-order valence-corrected chi connectivity index (χ4v) is 3.99. The second-order valence-electron chi connectivity index (χ2n) is 7.15. The number of amides is 1. The topological polar surface area (TPSA) is 61.8 Å². The Kier molecular flexibility index (Phi) is 6.70. The lowest BCUT2D eigenvalue weighted by molar-refractivity contribution is -0.129. The van der Waals surface area contributed by atoms with Gasteiger partial charge in [-0.2, -0.15) is 0 Å². The van der Waals surface area contributed by atoms with Crippen LogP contribution >= 0.6 is 0 Å². The molecular weight excluding hydrogens is 316 g/mol. The van der Waals surface area contributed by atoms with Gasteiger partial charge in [0.05, 0.1) is 6.61 Å². The maximum Gasteiger partial charge on any atom is 0.224 e. The Labute approximate surface area is 150 Å². The third kappa shape index (κ3) is 4.95. The van der Waals surface area contributed by atoms with E-state index in [4.69, 9.17) is 9.84 Å². The average molecular weight is 346 g/mol. The maximum atomic E-state index is 12.4. The van der Waals surface area contributed by atoms with E-state index in [2.05, 4.69) is 10.2 Å². The molecule has 1 aromatic carbocycles. The van der Waals surface area contributed by atoms with Gasteiger partial charge in [-0.3, -0.25) is 4.79 Å². The van der Waals surface area contributed by atoms with Crippen molar-refractivity contribution < 1.29 is 14.6 Å². The summed E-state index contributed by atoms with van der Waals surface area (Å²) in [6.07, 6.45) is 8.04. The van der Waals surface area contributed by atoms with Crippen LogP contribution in [0.15, 0.2) is 24.3 Å². The van der Waals surface area contributed by atoms with E-state index in [0.717, 1.165) is 30.7 Å². The number of likely N-dealkylation sites (tertiary alicyclic amines) is 1. The van der Waals surface area contributed by atoms with Crippen molar-refractivity contribution in [1.82, 2.24) is 10.2 Å². The van der Waals surface area contributed by atoms with Gasteiger partial charge in [0.25, 0.3) is 0 Å². The molecule has 0 aromatic heterocycles. The van der Waals surface area contributed by atoms with E-state index < -0.39 is 0 Å². The van der Waals surface area contributed by atoms with E-state index in [-0.39, 0.29) is 12.6 Å². The summed E-state index contributed by atoms with van der Waals surface area (Å²) in [6.45, 7) is 1.81. The van der Waals surface area contributed by atoms with Crippen LogP contribution in [0.4, 0.5) is 0 Å². The number of hydrogen-bond donors (Lipinski definition) is 2. The largest absolute Gasteiger partial charge is 0.491 e. The minimum atomic E-state index is 0.00916. The molecule has 2 N–H and O–H groups in total. The standard InChI is InChI=1S/C20H30N2O3/c23-11-12-25-19-10-6-5-7-16(19)14-21-17-13-20(24)22(15-17)18-8-3-1-2-4-9-18/h5-7,10,17-18,21,23H,1-4,8-9,11-15H2. The molecule has 1 unspecified atom stereocenters. The molecule has 0 radical (unpaired) electrons. The lowest BCUT2D eigenvalue weighted by atomic mass is 10.1. The zero-order valence-corrected chi connectivity index (χ0v) is 15.0. The van der Waals surface area contributed by atoms with Crippen LogP contribution in [0, 0.1) is 0 Å². The van der Waals surface area contributed by atoms with Gasteiger partial charge in [0.1, 0.15) is 12.4 Å². The van der Waals surface area contributed by atoms with Crippen molar-refractivity contribution in [3.05, 3.63) is 29.8 Å². The predicted molar refractivity (Wildman–Crippen MR) is 97.5 cm³/mol. The number of para-hydroxylation sites is 1. The monoisotopic (exact) mass is 346 g/mol. The quantitative estimate of drug-likeness (QED) is 0.745. The Balaban J connectivity index is 1.53. The first kappa shape index (κ1) is 18.2. The summed E-state index contributed by atoms with van der Waals surface area (Å²) >= 11 is 0. The molecule has 2 fully saturated rings. The highest BCUT2D eigenvalue weighted by molar-refractivity contribution is 5.79. The van der Waals surface area contributed by atoms with Crippen molar-refractivity contribution in [2.45, 2.75) is 63.6 Å². The molecule has 1 aliphatic carbocycles. The van der Waals surface area contributed by atoms with Crippen molar-refractivity contribution in [2.24, 2.45) is 0 Å². The number of aliphatic hydroxyl groups excluding tert-OH is 1. The lowest BCUT2D eigenvalue weighted by Crippen LogP contribution is -2.38. The number of hydrogen-bond acceptors (Lipinski definition) is 4. The van der Waals surface area contributed by atoms with E-state index in [1.54, 1.807) is 0 Å². The SMILES string of the molecule is O=C1CC(NCc2ccccc2OCCO)CN1C1CCCCCC1. The summed E-state index contributed by atoms with van der Waals surface area (Å²) in [6, 6.07) is 8.52. The highest BCUT2D eigenvalue weighted by atomic mass is 16.5. The van der Waals surface area contributed by atoms with Gasteiger partial charge in [-0.05, 0) is 18.9 Å². The second kappa shape index (κ2) is 9.20. The van der Waals surface area contributed by atoms with E-state index >= 15 is 0 Å². The first-order chi connectivity index (χ1) is 12.3. The van der Waals surface area contributed by atoms with Gasteiger partial charge < -0.3 is 20.1 Å². The summed E-state index contributed by atoms with van der Waals surface area (Å²) in [7, 11) is 0. The fraction of sp³-hybridized carbons (Fsp3) is 0.650. The molecule has 2 aliphatic rings. The Bertz CT molecular complexity index is 556. The smallest absolute Gasteiger partial charge is 0.224 e. The highest BCUT2D eigenvalue weighted by Gasteiger charge is 2.34. The molecule has 0 spiro atoms. The van der Waals surface area contributed by atoms with Gasteiger partial charge in [-0.25, -0.2) is 0 Å². The summed E-state index contributed by atoms with van der Waals surface area (Å²) in [5.41, 5.74) is 1.07. The number of carbonyl (C=O) groups excluding carboxylic acids is 1. The van der Waals surface area contributed by atoms with Crippen molar-refractivity contribution in [3.8, 4) is 5.75 Å². The van der Waals surface area contributed by atoms with E-state index in [1.165, 1.54) is 25.7 Å². The minimum Gasteiger partial charge on any atom is -0.491 e. The van der Waals surface area contributed by atoms with Crippen LogP contribution in [0.1, 0.15) is 50.5 Å². The number of nitrogens with zero attached hydrogens (tertiary/aromatic N) is 1. The molecule has 25 heavy (non-hydrogen) atoms. The predicted octanol–water partition coefficient (Wildman–Crippen LogP) is 2.47. The van der Waals surface area contributed by atoms with E-state index in [1.807, 2.05) is 24.3 Å². The Morgan fingerprint density at radius 3 is 2.68 bits per heavy atom. The van der Waals surface area contributed by atoms with Crippen molar-refractivity contribution in [1.29, 1.82) is 0 Å². The molecule has 138 valence electrons. The highest BCUT2D eigenvalue weighted by Crippen LogP contribution is 2.26. The first-order valence-electron chi connectivity index (χ1n) is 9.62. The summed E-state index contributed by atoms with van der Waals surface area (Å²) in [4.78, 5) is 14.6. The van der Waals surface area contributed by atoms with Crippen LogP contribution in [-0.2, 0) is 11.3 Å². The van der Waals surface area contributed by atoms with Crippen molar-refractivity contribution in [2.75, 3.05) is 19.8 Å². The van der Waals surface area contributed by atoms with Crippen LogP contribution in [0.2, 0.25) is 0 Å². The molecule has 1 aromatic rings. The molecule has 0 bridgehead atoms. The van der Waals surface area contributed by atoms with Crippen LogP contribution in [0.3, 0.4) is 0 Å². The number of carbonyl (C=O) groups is 1. The van der Waals surface area contributed by atoms with Crippen molar-refractivity contribution >= 4 is 5.91 Å². The zero-order chi connectivity index (χ0) is 17.5. The number of benzene rings is 1. The van der Waals surface area contributed by atoms with Crippen LogP contribution in [0.5, 0.6) is 5.75 Å². The Morgan fingerprint density at radius 1 is 1.16 bits per heavy atom. The molecule has 1 amide bonds. The number of rotatable bonds is 7. The van der Waals surface area contributed by atoms with Gasteiger partial charge in [-0.15, -0.1) is 0 Å². The van der Waals surface area contributed by atoms with Crippen LogP contribution in [0.25, 0.3) is 0 Å². The number of aliphatic hydroxyl groups is 1. The minimum absolute atomic E-state index is 0.00916. The molecule has 5 heteroatoms. The maximum absolute atomic E-state index is 12.4. The Hall–Kier alpha value is -1.59. The summed E-state index contributed by atoms with van der Waals surface area (Å²) < 4.78 is 5.59. The lowest BCUT2D eigenvalue weighted by Gasteiger charge is -2.27. The molecule has 1 atom stereocenters. The molecule has 1 saturated heterocycles. The zero-order valence-electron chi connectivity index (χ0n) is 15.0. The molecule has 3 rings (SSSR count). The van der Waals surface area contributed by atoms with Gasteiger partial charge in [0, 0.05) is 37.2 Å². The number of nitrogens with one attached hydrogen (secondary N) is 1. The molecule has 5 nitrogen and oxygen atoms in total. The van der Waals surface area contributed by atoms with Crippen molar-refractivity contribution in [3.63, 3.8) is 0 Å². The summed E-state index contributed by atoms with van der Waals surface area (Å²) in [5, 5.41) is 12.5. The second-order valence-corrected chi connectivity index (χ2v) is 7.15. The fourth-order valence-electron chi connectivity index (χ4n) is 3.99. The van der Waals surface area contributed by atoms with Gasteiger partial charge >= 0.3 is 0 Å². The van der Waals surface area contributed by atoms with E-state index in [0.29, 0.717) is 31.5 Å². The third-order valence-electron chi connectivity index (χ3n) is 5.33. The van der Waals surface area contributed by atoms with Gasteiger partial charge in [-0.1, -0.05) is 43.9 Å². The third-order valence-corrected chi connectivity index (χ3v) is 5.33. The molecular formula is C20H30N2O3. The molecule has 1 saturated carbocycles. The molecule has 1 heterocycles. The van der Waals surface area contributed by atoms with Crippen LogP contribution < -0.4 is 10.1 Å². The number of ether oxygens (including phenoxy) is 1.